The summed E-state index contributed by atoms with van der Waals surface area (Å²) in [5, 5.41) is 5.59. The number of benzene rings is 2. The van der Waals surface area contributed by atoms with Gasteiger partial charge in [0, 0.05) is 0 Å². The van der Waals surface area contributed by atoms with Crippen molar-refractivity contribution < 1.29 is 4.57 Å². The Kier molecular flexibility index (Phi) is 4.98. The molecule has 0 amide bonds. The smallest absolute Gasteiger partial charge is 0.191 e. The minimum absolute atomic E-state index is 0. The first kappa shape index (κ1) is 14.8. The van der Waals surface area contributed by atoms with Gasteiger partial charge < -0.3 is 0 Å². The largest absolute Gasteiger partial charge is 0.341 e. The first-order chi connectivity index (χ1) is 9.38. The molecule has 0 spiro atoms. The topological polar surface area (TPSA) is 21.7 Å². The van der Waals surface area contributed by atoms with Gasteiger partial charge in [0.1, 0.15) is 11.4 Å². The minimum Gasteiger partial charge on any atom is -0.191 e. The van der Waals surface area contributed by atoms with Crippen LogP contribution in [0.25, 0.3) is 11.4 Å². The van der Waals surface area contributed by atoms with Gasteiger partial charge in [0.15, 0.2) is 0 Å². The second-order valence-electron chi connectivity index (χ2n) is 4.09. The summed E-state index contributed by atoms with van der Waals surface area (Å²) in [7, 11) is 0. The Morgan fingerprint density at radius 2 is 1.55 bits per heavy atom. The summed E-state index contributed by atoms with van der Waals surface area (Å²) in [5.41, 5.74) is 2.18. The lowest BCUT2D eigenvalue weighted by molar-refractivity contribution is -0.636. The van der Waals surface area contributed by atoms with Crippen molar-refractivity contribution in [2.24, 2.45) is 0 Å². The Labute approximate surface area is 133 Å². The van der Waals surface area contributed by atoms with Crippen molar-refractivity contribution in [2.75, 3.05) is 6.26 Å². The molecule has 20 heavy (non-hydrogen) atoms. The van der Waals surface area contributed by atoms with Crippen molar-refractivity contribution in [3.63, 3.8) is 0 Å². The van der Waals surface area contributed by atoms with Crippen LogP contribution in [-0.4, -0.2) is 16.0 Å². The molecule has 0 aliphatic carbocycles. The van der Waals surface area contributed by atoms with Crippen molar-refractivity contribution >= 4 is 28.7 Å². The van der Waals surface area contributed by atoms with Crippen LogP contribution in [0.2, 0.25) is 0 Å². The van der Waals surface area contributed by atoms with E-state index in [1.165, 1.54) is 0 Å². The first-order valence-corrected chi connectivity index (χ1v) is 7.27. The lowest BCUT2D eigenvalue weighted by atomic mass is 10.3. The van der Waals surface area contributed by atoms with Gasteiger partial charge in [-0.25, -0.2) is 0 Å². The molecule has 0 N–H and O–H groups in total. The number of hydrogen-bond donors (Lipinski definition) is 0. The molecule has 0 fully saturated rings. The van der Waals surface area contributed by atoms with Gasteiger partial charge in [-0.15, -0.1) is 17.0 Å². The fraction of sp³-hybridized carbons (Fsp3) is 0.0667. The highest BCUT2D eigenvalue weighted by Gasteiger charge is 2.18. The van der Waals surface area contributed by atoms with Crippen LogP contribution in [-0.2, 0) is 0 Å². The van der Waals surface area contributed by atoms with Crippen molar-refractivity contribution in [1.29, 1.82) is 0 Å². The first-order valence-electron chi connectivity index (χ1n) is 6.04. The molecular formula is C15H15BrN3S+. The summed E-state index contributed by atoms with van der Waals surface area (Å²) in [5.74, 6) is 0. The molecule has 1 heterocycles. The van der Waals surface area contributed by atoms with Gasteiger partial charge in [-0.3, -0.25) is 0 Å². The molecule has 0 radical (unpaired) electrons. The lowest BCUT2D eigenvalue weighted by Crippen LogP contribution is -2.30. The molecule has 0 unspecified atom stereocenters. The van der Waals surface area contributed by atoms with Crippen LogP contribution in [0.1, 0.15) is 0 Å². The average molecular weight is 349 g/mol. The second-order valence-corrected chi connectivity index (χ2v) is 4.86. The third-order valence-corrected chi connectivity index (χ3v) is 3.51. The number of para-hydroxylation sites is 2. The summed E-state index contributed by atoms with van der Waals surface area (Å²) < 4.78 is 4.00. The van der Waals surface area contributed by atoms with Gasteiger partial charge in [0.05, 0.1) is 5.10 Å². The highest BCUT2D eigenvalue weighted by atomic mass is 79.9. The molecule has 102 valence electrons. The number of hydrogen-bond acceptors (Lipinski definition) is 2. The minimum atomic E-state index is 0. The quantitative estimate of drug-likeness (QED) is 0.534. The summed E-state index contributed by atoms with van der Waals surface area (Å²) in [6.07, 6.45) is 4.05. The molecule has 1 aromatic heterocycles. The zero-order chi connectivity index (χ0) is 13.1. The fourth-order valence-corrected chi connectivity index (χ4v) is 2.45. The molecule has 2 aromatic carbocycles. The van der Waals surface area contributed by atoms with Crippen molar-refractivity contribution in [3.8, 4) is 11.4 Å². The number of aromatic nitrogens is 3. The molecule has 0 saturated heterocycles. The highest BCUT2D eigenvalue weighted by Crippen LogP contribution is 2.12. The van der Waals surface area contributed by atoms with Gasteiger partial charge in [-0.2, -0.15) is 4.57 Å². The van der Waals surface area contributed by atoms with Gasteiger partial charge in [0.25, 0.3) is 0 Å². The summed E-state index contributed by atoms with van der Waals surface area (Å²) in [6.45, 7) is 0. The predicted molar refractivity (Wildman–Crippen MR) is 87.2 cm³/mol. The number of nitrogens with zero attached hydrogens (tertiary/aromatic N) is 3. The maximum atomic E-state index is 4.62. The highest BCUT2D eigenvalue weighted by molar-refractivity contribution is 8.93. The molecule has 3 aromatic rings. The summed E-state index contributed by atoms with van der Waals surface area (Å²) >= 11 is 1.64. The molecule has 0 bridgehead atoms. The third kappa shape index (κ3) is 2.94. The fourth-order valence-electron chi connectivity index (χ4n) is 1.93. The summed E-state index contributed by atoms with van der Waals surface area (Å²) in [4.78, 5) is 0. The van der Waals surface area contributed by atoms with E-state index >= 15 is 0 Å². The molecule has 5 heteroatoms. The molecule has 0 saturated carbocycles. The van der Waals surface area contributed by atoms with E-state index in [0.29, 0.717) is 0 Å². The van der Waals surface area contributed by atoms with Crippen LogP contribution in [0.5, 0.6) is 0 Å². The van der Waals surface area contributed by atoms with Crippen molar-refractivity contribution in [1.82, 2.24) is 9.78 Å². The summed E-state index contributed by atoms with van der Waals surface area (Å²) in [6, 6.07) is 20.4. The standard InChI is InChI=1S/C15H14N3S.BrH/c1-19-15-16-18(14-10-6-3-7-11-14)12-17(15)13-8-4-2-5-9-13;/h2-12H,1H3;1H/q+1;. The maximum absolute atomic E-state index is 4.62. The van der Waals surface area contributed by atoms with Gasteiger partial charge in [0.2, 0.25) is 6.33 Å². The van der Waals surface area contributed by atoms with Crippen LogP contribution in [0, 0.1) is 0 Å². The second kappa shape index (κ2) is 6.72. The van der Waals surface area contributed by atoms with Crippen molar-refractivity contribution in [2.45, 2.75) is 5.16 Å². The van der Waals surface area contributed by atoms with Crippen LogP contribution in [0.4, 0.5) is 0 Å². The van der Waals surface area contributed by atoms with E-state index in [9.17, 15) is 0 Å². The third-order valence-electron chi connectivity index (χ3n) is 2.86. The Morgan fingerprint density at radius 1 is 0.950 bits per heavy atom. The van der Waals surface area contributed by atoms with E-state index in [2.05, 4.69) is 21.8 Å². The van der Waals surface area contributed by atoms with E-state index < -0.39 is 0 Å². The van der Waals surface area contributed by atoms with E-state index in [-0.39, 0.29) is 17.0 Å². The van der Waals surface area contributed by atoms with Crippen LogP contribution >= 0.6 is 28.7 Å². The molecular weight excluding hydrogens is 334 g/mol. The number of thioether (sulfide) groups is 1. The Morgan fingerprint density at radius 3 is 2.15 bits per heavy atom. The Balaban J connectivity index is 0.00000147. The average Bonchev–Trinajstić information content (AvgIpc) is 2.93. The molecule has 0 aliphatic heterocycles. The molecule has 0 aliphatic rings. The molecule has 0 atom stereocenters. The zero-order valence-corrected chi connectivity index (χ0v) is 13.5. The molecule has 3 nitrogen and oxygen atoms in total. The van der Waals surface area contributed by atoms with Crippen molar-refractivity contribution in [3.05, 3.63) is 67.0 Å². The van der Waals surface area contributed by atoms with Gasteiger partial charge in [-0.1, -0.05) is 52.8 Å². The molecule has 3 rings (SSSR count). The maximum Gasteiger partial charge on any atom is 0.341 e. The van der Waals surface area contributed by atoms with Crippen LogP contribution in [0.3, 0.4) is 0 Å². The van der Waals surface area contributed by atoms with E-state index in [1.807, 2.05) is 65.8 Å². The monoisotopic (exact) mass is 348 g/mol. The number of halogens is 1. The van der Waals surface area contributed by atoms with Crippen LogP contribution in [0.15, 0.2) is 72.1 Å². The normalized spacial score (nSPS) is 10.1. The van der Waals surface area contributed by atoms with E-state index in [4.69, 9.17) is 0 Å². The lowest BCUT2D eigenvalue weighted by Gasteiger charge is -1.96. The Bertz CT molecular complexity index is 668. The van der Waals surface area contributed by atoms with E-state index in [1.54, 1.807) is 11.8 Å². The van der Waals surface area contributed by atoms with Gasteiger partial charge in [-0.05, 0) is 30.5 Å². The van der Waals surface area contributed by atoms with Gasteiger partial charge >= 0.3 is 5.16 Å². The SMILES string of the molecule is Br.CSc1nn(-c2ccccc2)c[n+]1-c1ccccc1. The number of rotatable bonds is 3. The van der Waals surface area contributed by atoms with Crippen LogP contribution < -0.4 is 4.57 Å². The zero-order valence-electron chi connectivity index (χ0n) is 11.0. The Hall–Kier alpha value is -1.59. The van der Waals surface area contributed by atoms with E-state index in [0.717, 1.165) is 16.5 Å². The predicted octanol–water partition coefficient (Wildman–Crippen LogP) is 3.45.